The van der Waals surface area contributed by atoms with Crippen molar-refractivity contribution in [1.82, 2.24) is 4.90 Å². The molecule has 1 aromatic carbocycles. The normalized spacial score (nSPS) is 15.0. The maximum atomic E-state index is 12.4. The SMILES string of the molecule is CCCCOCCCN1C(=O)C(O)=C(c2ccc(Cl)cc2)C1=O. The molecule has 6 heteroatoms. The highest BCUT2D eigenvalue weighted by molar-refractivity contribution is 6.35. The van der Waals surface area contributed by atoms with Crippen molar-refractivity contribution in [3.63, 3.8) is 0 Å². The number of carbonyl (C=O) groups is 2. The van der Waals surface area contributed by atoms with Crippen molar-refractivity contribution in [2.75, 3.05) is 19.8 Å². The lowest BCUT2D eigenvalue weighted by Gasteiger charge is -2.14. The largest absolute Gasteiger partial charge is 0.502 e. The van der Waals surface area contributed by atoms with Gasteiger partial charge in [0.05, 0.1) is 5.57 Å². The second-order valence-electron chi connectivity index (χ2n) is 5.31. The number of unbranched alkanes of at least 4 members (excludes halogenated alkanes) is 1. The van der Waals surface area contributed by atoms with Crippen molar-refractivity contribution < 1.29 is 19.4 Å². The number of halogens is 1. The minimum absolute atomic E-state index is 0.0265. The number of aliphatic hydroxyl groups is 1. The van der Waals surface area contributed by atoms with Gasteiger partial charge in [0.2, 0.25) is 0 Å². The standard InChI is InChI=1S/C17H20ClNO4/c1-2-3-10-23-11-4-9-19-16(21)14(15(20)17(19)22)12-5-7-13(18)8-6-12/h5-8,20H,2-4,9-11H2,1H3. The van der Waals surface area contributed by atoms with E-state index in [0.29, 0.717) is 30.2 Å². The summed E-state index contributed by atoms with van der Waals surface area (Å²) in [7, 11) is 0. The highest BCUT2D eigenvalue weighted by atomic mass is 35.5. The Bertz CT molecular complexity index is 610. The average molecular weight is 338 g/mol. The molecule has 23 heavy (non-hydrogen) atoms. The molecule has 0 aromatic heterocycles. The van der Waals surface area contributed by atoms with Gasteiger partial charge in [-0.15, -0.1) is 0 Å². The Morgan fingerprint density at radius 1 is 1.09 bits per heavy atom. The number of imide groups is 1. The molecule has 0 fully saturated rings. The number of benzene rings is 1. The number of hydrogen-bond donors (Lipinski definition) is 1. The zero-order chi connectivity index (χ0) is 16.8. The van der Waals surface area contributed by atoms with Gasteiger partial charge in [-0.05, 0) is 30.5 Å². The molecule has 2 rings (SSSR count). The summed E-state index contributed by atoms with van der Waals surface area (Å²) in [4.78, 5) is 25.5. The predicted molar refractivity (Wildman–Crippen MR) is 88.1 cm³/mol. The minimum atomic E-state index is -0.659. The van der Waals surface area contributed by atoms with Crippen LogP contribution in [0.4, 0.5) is 0 Å². The first-order chi connectivity index (χ1) is 11.1. The molecule has 5 nitrogen and oxygen atoms in total. The molecule has 0 spiro atoms. The quantitative estimate of drug-likeness (QED) is 0.584. The Labute approximate surface area is 140 Å². The molecule has 1 aliphatic rings. The van der Waals surface area contributed by atoms with Gasteiger partial charge in [-0.2, -0.15) is 0 Å². The van der Waals surface area contributed by atoms with E-state index >= 15 is 0 Å². The van der Waals surface area contributed by atoms with Crippen LogP contribution in [0, 0.1) is 0 Å². The van der Waals surface area contributed by atoms with Crippen LogP contribution in [0.2, 0.25) is 5.02 Å². The number of ether oxygens (including phenoxy) is 1. The number of amides is 2. The summed E-state index contributed by atoms with van der Waals surface area (Å²) in [6.07, 6.45) is 2.60. The molecule has 0 saturated heterocycles. The molecule has 0 bridgehead atoms. The monoisotopic (exact) mass is 337 g/mol. The molecule has 0 aliphatic carbocycles. The van der Waals surface area contributed by atoms with Gasteiger partial charge in [-0.3, -0.25) is 14.5 Å². The van der Waals surface area contributed by atoms with Crippen LogP contribution in [-0.4, -0.2) is 41.6 Å². The van der Waals surface area contributed by atoms with Gasteiger partial charge >= 0.3 is 0 Å². The smallest absolute Gasteiger partial charge is 0.296 e. The van der Waals surface area contributed by atoms with Gasteiger partial charge in [0.15, 0.2) is 5.76 Å². The van der Waals surface area contributed by atoms with E-state index in [2.05, 4.69) is 6.92 Å². The maximum absolute atomic E-state index is 12.4. The third kappa shape index (κ3) is 4.12. The summed E-state index contributed by atoms with van der Waals surface area (Å²) in [6.45, 7) is 3.47. The number of rotatable bonds is 8. The molecular weight excluding hydrogens is 318 g/mol. The van der Waals surface area contributed by atoms with Gasteiger partial charge < -0.3 is 9.84 Å². The highest BCUT2D eigenvalue weighted by Crippen LogP contribution is 2.28. The van der Waals surface area contributed by atoms with E-state index in [0.717, 1.165) is 17.7 Å². The van der Waals surface area contributed by atoms with Gasteiger partial charge in [-0.1, -0.05) is 37.1 Å². The van der Waals surface area contributed by atoms with Crippen LogP contribution < -0.4 is 0 Å². The zero-order valence-electron chi connectivity index (χ0n) is 13.0. The van der Waals surface area contributed by atoms with Gasteiger partial charge in [0, 0.05) is 24.8 Å². The van der Waals surface area contributed by atoms with E-state index in [4.69, 9.17) is 16.3 Å². The van der Waals surface area contributed by atoms with Crippen molar-refractivity contribution in [2.24, 2.45) is 0 Å². The second-order valence-corrected chi connectivity index (χ2v) is 5.75. The number of aliphatic hydroxyl groups excluding tert-OH is 1. The summed E-state index contributed by atoms with van der Waals surface area (Å²) in [6, 6.07) is 6.44. The van der Waals surface area contributed by atoms with Gasteiger partial charge in [0.1, 0.15) is 0 Å². The summed E-state index contributed by atoms with van der Waals surface area (Å²) >= 11 is 5.81. The van der Waals surface area contributed by atoms with Crippen molar-refractivity contribution in [2.45, 2.75) is 26.2 Å². The highest BCUT2D eigenvalue weighted by Gasteiger charge is 2.38. The Morgan fingerprint density at radius 3 is 2.39 bits per heavy atom. The molecule has 2 amide bonds. The molecule has 0 unspecified atom stereocenters. The maximum Gasteiger partial charge on any atom is 0.296 e. The van der Waals surface area contributed by atoms with Crippen LogP contribution in [0.1, 0.15) is 31.7 Å². The number of hydrogen-bond acceptors (Lipinski definition) is 4. The van der Waals surface area contributed by atoms with E-state index in [1.54, 1.807) is 24.3 Å². The molecule has 1 aromatic rings. The molecule has 1 heterocycles. The molecule has 0 saturated carbocycles. The topological polar surface area (TPSA) is 66.8 Å². The Balaban J connectivity index is 1.97. The Kier molecular flexibility index (Phi) is 6.19. The zero-order valence-corrected chi connectivity index (χ0v) is 13.8. The van der Waals surface area contributed by atoms with Crippen molar-refractivity contribution in [3.05, 3.63) is 40.6 Å². The fourth-order valence-corrected chi connectivity index (χ4v) is 2.44. The van der Waals surface area contributed by atoms with E-state index < -0.39 is 17.6 Å². The van der Waals surface area contributed by atoms with Crippen molar-refractivity contribution in [3.8, 4) is 0 Å². The van der Waals surface area contributed by atoms with Crippen LogP contribution in [0.3, 0.4) is 0 Å². The first kappa shape index (κ1) is 17.5. The van der Waals surface area contributed by atoms with Crippen LogP contribution in [0.25, 0.3) is 5.57 Å². The molecular formula is C17H20ClNO4. The molecule has 1 aliphatic heterocycles. The lowest BCUT2D eigenvalue weighted by atomic mass is 10.1. The third-order valence-corrected chi connectivity index (χ3v) is 3.84. The molecule has 0 atom stereocenters. The van der Waals surface area contributed by atoms with E-state index in [1.807, 2.05) is 0 Å². The van der Waals surface area contributed by atoms with Crippen LogP contribution >= 0.6 is 11.6 Å². The van der Waals surface area contributed by atoms with Crippen LogP contribution in [0.15, 0.2) is 30.0 Å². The molecule has 1 N–H and O–H groups in total. The number of nitrogens with zero attached hydrogens (tertiary/aromatic N) is 1. The van der Waals surface area contributed by atoms with Gasteiger partial charge in [-0.25, -0.2) is 0 Å². The summed E-state index contributed by atoms with van der Waals surface area (Å²) in [5.74, 6) is -1.65. The molecule has 0 radical (unpaired) electrons. The number of carbonyl (C=O) groups excluding carboxylic acids is 2. The fraction of sp³-hybridized carbons (Fsp3) is 0.412. The summed E-state index contributed by atoms with van der Waals surface area (Å²) in [5.41, 5.74) is 0.505. The fourth-order valence-electron chi connectivity index (χ4n) is 2.32. The van der Waals surface area contributed by atoms with E-state index in [-0.39, 0.29) is 12.1 Å². The average Bonchev–Trinajstić information content (AvgIpc) is 2.75. The first-order valence-electron chi connectivity index (χ1n) is 7.69. The van der Waals surface area contributed by atoms with E-state index in [9.17, 15) is 14.7 Å². The lowest BCUT2D eigenvalue weighted by Crippen LogP contribution is -2.33. The van der Waals surface area contributed by atoms with Crippen LogP contribution in [0.5, 0.6) is 0 Å². The van der Waals surface area contributed by atoms with E-state index in [1.165, 1.54) is 0 Å². The first-order valence-corrected chi connectivity index (χ1v) is 8.07. The van der Waals surface area contributed by atoms with Crippen LogP contribution in [-0.2, 0) is 14.3 Å². The van der Waals surface area contributed by atoms with Crippen molar-refractivity contribution >= 4 is 29.0 Å². The molecule has 124 valence electrons. The lowest BCUT2D eigenvalue weighted by molar-refractivity contribution is -0.138. The minimum Gasteiger partial charge on any atom is -0.502 e. The second kappa shape index (κ2) is 8.13. The third-order valence-electron chi connectivity index (χ3n) is 3.59. The Morgan fingerprint density at radius 2 is 1.74 bits per heavy atom. The predicted octanol–water partition coefficient (Wildman–Crippen LogP) is 3.18. The van der Waals surface area contributed by atoms with Crippen molar-refractivity contribution in [1.29, 1.82) is 0 Å². The summed E-state index contributed by atoms with van der Waals surface area (Å²) < 4.78 is 5.42. The van der Waals surface area contributed by atoms with Gasteiger partial charge in [0.25, 0.3) is 11.8 Å². The Hall–Kier alpha value is -1.85. The summed E-state index contributed by atoms with van der Waals surface area (Å²) in [5, 5.41) is 10.5.